The summed E-state index contributed by atoms with van der Waals surface area (Å²) in [4.78, 5) is 20.8. The van der Waals surface area contributed by atoms with Gasteiger partial charge >= 0.3 is 0 Å². The Bertz CT molecular complexity index is 557. The van der Waals surface area contributed by atoms with Gasteiger partial charge in [-0.1, -0.05) is 19.3 Å². The van der Waals surface area contributed by atoms with Gasteiger partial charge in [-0.25, -0.2) is 9.98 Å². The third kappa shape index (κ3) is 6.76. The first-order chi connectivity index (χ1) is 12.1. The Morgan fingerprint density at radius 1 is 1.24 bits per heavy atom. The lowest BCUT2D eigenvalue weighted by molar-refractivity contribution is -0.121. The number of nitrogens with zero attached hydrogens (tertiary/aromatic N) is 2. The van der Waals surface area contributed by atoms with Gasteiger partial charge in [0.1, 0.15) is 12.3 Å². The number of aromatic nitrogens is 1. The standard InChI is InChI=1S/C18H31N5O2/c1-4-19-18(21-12-17-22-13(2)14(3)25-17)20-11-10-16(24)23-15-8-6-5-7-9-15/h15H,4-12H2,1-3H3,(H,23,24)(H2,19,20,21). The van der Waals surface area contributed by atoms with E-state index in [-0.39, 0.29) is 5.91 Å². The van der Waals surface area contributed by atoms with Gasteiger partial charge in [0.25, 0.3) is 0 Å². The minimum atomic E-state index is 0.106. The van der Waals surface area contributed by atoms with Gasteiger partial charge in [0.2, 0.25) is 11.8 Å². The lowest BCUT2D eigenvalue weighted by atomic mass is 9.95. The number of hydrogen-bond donors (Lipinski definition) is 3. The van der Waals surface area contributed by atoms with E-state index in [4.69, 9.17) is 4.42 Å². The van der Waals surface area contributed by atoms with Crippen LogP contribution in [0.15, 0.2) is 9.41 Å². The van der Waals surface area contributed by atoms with Crippen molar-refractivity contribution >= 4 is 11.9 Å². The number of carbonyl (C=O) groups excluding carboxylic acids is 1. The van der Waals surface area contributed by atoms with E-state index in [1.807, 2.05) is 20.8 Å². The lowest BCUT2D eigenvalue weighted by Gasteiger charge is -2.22. The molecule has 1 aromatic rings. The first-order valence-electron chi connectivity index (χ1n) is 9.33. The summed E-state index contributed by atoms with van der Waals surface area (Å²) in [7, 11) is 0. The number of amides is 1. The molecule has 0 saturated heterocycles. The first-order valence-corrected chi connectivity index (χ1v) is 9.33. The van der Waals surface area contributed by atoms with Crippen LogP contribution in [0, 0.1) is 13.8 Å². The van der Waals surface area contributed by atoms with Crippen LogP contribution in [0.1, 0.15) is 62.8 Å². The summed E-state index contributed by atoms with van der Waals surface area (Å²) in [5, 5.41) is 9.48. The second kappa shape index (κ2) is 10.1. The van der Waals surface area contributed by atoms with Crippen LogP contribution in [-0.2, 0) is 11.3 Å². The maximum Gasteiger partial charge on any atom is 0.221 e. The third-order valence-electron chi connectivity index (χ3n) is 4.40. The van der Waals surface area contributed by atoms with Crippen LogP contribution in [-0.4, -0.2) is 36.0 Å². The molecule has 1 aliphatic carbocycles. The van der Waals surface area contributed by atoms with E-state index in [1.54, 1.807) is 0 Å². The summed E-state index contributed by atoms with van der Waals surface area (Å²) >= 11 is 0. The Kier molecular flexibility index (Phi) is 7.76. The average molecular weight is 349 g/mol. The van der Waals surface area contributed by atoms with Crippen LogP contribution in [0.4, 0.5) is 0 Å². The number of rotatable bonds is 7. The molecule has 7 heteroatoms. The second-order valence-corrected chi connectivity index (χ2v) is 6.52. The SMILES string of the molecule is CCNC(=NCc1nc(C)c(C)o1)NCCC(=O)NC1CCCCC1. The van der Waals surface area contributed by atoms with E-state index in [2.05, 4.69) is 25.9 Å². The maximum absolute atomic E-state index is 12.0. The molecule has 140 valence electrons. The Labute approximate surface area is 150 Å². The van der Waals surface area contributed by atoms with Crippen molar-refractivity contribution in [2.45, 2.75) is 71.9 Å². The van der Waals surface area contributed by atoms with E-state index in [9.17, 15) is 4.79 Å². The molecule has 0 radical (unpaired) electrons. The van der Waals surface area contributed by atoms with Crippen molar-refractivity contribution in [2.24, 2.45) is 4.99 Å². The highest BCUT2D eigenvalue weighted by atomic mass is 16.4. The van der Waals surface area contributed by atoms with Crippen molar-refractivity contribution < 1.29 is 9.21 Å². The van der Waals surface area contributed by atoms with Gasteiger partial charge in [-0.15, -0.1) is 0 Å². The molecule has 0 unspecified atom stereocenters. The zero-order valence-corrected chi connectivity index (χ0v) is 15.7. The van der Waals surface area contributed by atoms with E-state index in [0.29, 0.717) is 37.4 Å². The summed E-state index contributed by atoms with van der Waals surface area (Å²) in [5.74, 6) is 2.19. The van der Waals surface area contributed by atoms with Crippen LogP contribution in [0.3, 0.4) is 0 Å². The van der Waals surface area contributed by atoms with Gasteiger partial charge in [-0.3, -0.25) is 4.79 Å². The molecule has 1 amide bonds. The first kappa shape index (κ1) is 19.3. The summed E-state index contributed by atoms with van der Waals surface area (Å²) in [6, 6.07) is 0.361. The summed E-state index contributed by atoms with van der Waals surface area (Å²) in [5.41, 5.74) is 0.891. The molecular formula is C18H31N5O2. The average Bonchev–Trinajstić information content (AvgIpc) is 2.91. The Hall–Kier alpha value is -2.05. The fourth-order valence-electron chi connectivity index (χ4n) is 2.94. The van der Waals surface area contributed by atoms with Crippen LogP contribution in [0.25, 0.3) is 0 Å². The molecule has 7 nitrogen and oxygen atoms in total. The van der Waals surface area contributed by atoms with E-state index >= 15 is 0 Å². The van der Waals surface area contributed by atoms with Crippen LogP contribution in [0.2, 0.25) is 0 Å². The minimum Gasteiger partial charge on any atom is -0.444 e. The molecule has 1 heterocycles. The summed E-state index contributed by atoms with van der Waals surface area (Å²) in [6.45, 7) is 7.49. The van der Waals surface area contributed by atoms with Gasteiger partial charge < -0.3 is 20.4 Å². The fourth-order valence-corrected chi connectivity index (χ4v) is 2.94. The van der Waals surface area contributed by atoms with Crippen LogP contribution in [0.5, 0.6) is 0 Å². The normalized spacial score (nSPS) is 15.9. The number of aliphatic imine (C=N–C) groups is 1. The quantitative estimate of drug-likeness (QED) is 0.518. The molecule has 0 aliphatic heterocycles. The van der Waals surface area contributed by atoms with Gasteiger partial charge in [-0.05, 0) is 33.6 Å². The molecular weight excluding hydrogens is 318 g/mol. The summed E-state index contributed by atoms with van der Waals surface area (Å²) in [6.07, 6.45) is 6.40. The van der Waals surface area contributed by atoms with Gasteiger partial charge in [0.05, 0.1) is 5.69 Å². The van der Waals surface area contributed by atoms with Crippen molar-refractivity contribution in [2.75, 3.05) is 13.1 Å². The van der Waals surface area contributed by atoms with Crippen LogP contribution >= 0.6 is 0 Å². The van der Waals surface area contributed by atoms with Crippen molar-refractivity contribution in [3.63, 3.8) is 0 Å². The number of hydrogen-bond acceptors (Lipinski definition) is 4. The predicted molar refractivity (Wildman–Crippen MR) is 98.4 cm³/mol. The number of aryl methyl sites for hydroxylation is 2. The Morgan fingerprint density at radius 3 is 2.64 bits per heavy atom. The fraction of sp³-hybridized carbons (Fsp3) is 0.722. The highest BCUT2D eigenvalue weighted by Crippen LogP contribution is 2.17. The topological polar surface area (TPSA) is 91.6 Å². The van der Waals surface area contributed by atoms with Crippen LogP contribution < -0.4 is 16.0 Å². The van der Waals surface area contributed by atoms with E-state index < -0.39 is 0 Å². The minimum absolute atomic E-state index is 0.106. The van der Waals surface area contributed by atoms with Crippen molar-refractivity contribution in [1.29, 1.82) is 0 Å². The van der Waals surface area contributed by atoms with Crippen molar-refractivity contribution in [1.82, 2.24) is 20.9 Å². The van der Waals surface area contributed by atoms with Gasteiger partial charge in [0.15, 0.2) is 5.96 Å². The molecule has 2 rings (SSSR count). The largest absolute Gasteiger partial charge is 0.444 e. The molecule has 0 spiro atoms. The van der Waals surface area contributed by atoms with E-state index in [0.717, 1.165) is 30.8 Å². The monoisotopic (exact) mass is 349 g/mol. The third-order valence-corrected chi connectivity index (χ3v) is 4.40. The predicted octanol–water partition coefficient (Wildman–Crippen LogP) is 2.19. The number of oxazole rings is 1. The molecule has 1 saturated carbocycles. The molecule has 0 bridgehead atoms. The van der Waals surface area contributed by atoms with E-state index in [1.165, 1.54) is 19.3 Å². The lowest BCUT2D eigenvalue weighted by Crippen LogP contribution is -2.41. The zero-order valence-electron chi connectivity index (χ0n) is 15.7. The molecule has 25 heavy (non-hydrogen) atoms. The molecule has 1 aliphatic rings. The van der Waals surface area contributed by atoms with Crippen molar-refractivity contribution in [3.8, 4) is 0 Å². The summed E-state index contributed by atoms with van der Waals surface area (Å²) < 4.78 is 5.53. The van der Waals surface area contributed by atoms with Gasteiger partial charge in [0, 0.05) is 25.6 Å². The van der Waals surface area contributed by atoms with Crippen molar-refractivity contribution in [3.05, 3.63) is 17.3 Å². The molecule has 1 aromatic heterocycles. The number of nitrogens with one attached hydrogen (secondary N) is 3. The number of guanidine groups is 1. The smallest absolute Gasteiger partial charge is 0.221 e. The molecule has 0 atom stereocenters. The highest BCUT2D eigenvalue weighted by Gasteiger charge is 2.15. The Morgan fingerprint density at radius 2 is 2.00 bits per heavy atom. The Balaban J connectivity index is 1.74. The molecule has 0 aromatic carbocycles. The second-order valence-electron chi connectivity index (χ2n) is 6.52. The molecule has 3 N–H and O–H groups in total. The highest BCUT2D eigenvalue weighted by molar-refractivity contribution is 5.81. The zero-order chi connectivity index (χ0) is 18.1. The molecule has 1 fully saturated rings. The number of carbonyl (C=O) groups is 1. The maximum atomic E-state index is 12.0. The van der Waals surface area contributed by atoms with Gasteiger partial charge in [-0.2, -0.15) is 0 Å².